The van der Waals surface area contributed by atoms with Crippen LogP contribution in [-0.4, -0.2) is 41.9 Å². The summed E-state index contributed by atoms with van der Waals surface area (Å²) < 4.78 is 5.04. The lowest BCUT2D eigenvalue weighted by Gasteiger charge is -2.35. The van der Waals surface area contributed by atoms with Gasteiger partial charge in [-0.05, 0) is 51.2 Å². The smallest absolute Gasteiger partial charge is 0.340 e. The Bertz CT molecular complexity index is 718. The van der Waals surface area contributed by atoms with Gasteiger partial charge in [0.15, 0.2) is 0 Å². The van der Waals surface area contributed by atoms with Crippen molar-refractivity contribution in [2.45, 2.75) is 52.0 Å². The predicted molar refractivity (Wildman–Crippen MR) is 102 cm³/mol. The minimum absolute atomic E-state index is 0.111. The standard InChI is InChI=1S/C21H28N2O4/c1-3-14-9-7-8-12-23(14)20(25)17-13-16(17)19(24)22-18-11-6-5-10-15(18)21(26)27-4-2/h5-6,10-11,14,16-17H,3-4,7-9,12-13H2,1-2H3,(H,22,24). The fourth-order valence-electron chi connectivity index (χ4n) is 3.89. The maximum Gasteiger partial charge on any atom is 0.340 e. The summed E-state index contributed by atoms with van der Waals surface area (Å²) in [7, 11) is 0. The molecule has 0 radical (unpaired) electrons. The minimum Gasteiger partial charge on any atom is -0.462 e. The molecule has 0 aromatic heterocycles. The number of anilines is 1. The zero-order chi connectivity index (χ0) is 19.4. The molecule has 1 aliphatic carbocycles. The first-order valence-electron chi connectivity index (χ1n) is 9.94. The maximum atomic E-state index is 12.8. The third kappa shape index (κ3) is 4.31. The highest BCUT2D eigenvalue weighted by atomic mass is 16.5. The fraction of sp³-hybridized carbons (Fsp3) is 0.571. The molecule has 3 rings (SSSR count). The molecule has 2 aliphatic rings. The first-order chi connectivity index (χ1) is 13.1. The van der Waals surface area contributed by atoms with Gasteiger partial charge >= 0.3 is 5.97 Å². The number of amides is 2. The molecule has 1 saturated carbocycles. The summed E-state index contributed by atoms with van der Waals surface area (Å²) in [6, 6.07) is 7.10. The number of rotatable bonds is 6. The molecule has 146 valence electrons. The van der Waals surface area contributed by atoms with Crippen LogP contribution < -0.4 is 5.32 Å². The van der Waals surface area contributed by atoms with E-state index in [-0.39, 0.29) is 30.3 Å². The van der Waals surface area contributed by atoms with Gasteiger partial charge in [-0.15, -0.1) is 0 Å². The number of nitrogens with zero attached hydrogens (tertiary/aromatic N) is 1. The Morgan fingerprint density at radius 2 is 1.93 bits per heavy atom. The highest BCUT2D eigenvalue weighted by Gasteiger charge is 2.50. The Morgan fingerprint density at radius 1 is 1.15 bits per heavy atom. The summed E-state index contributed by atoms with van der Waals surface area (Å²) in [5.74, 6) is -1.09. The van der Waals surface area contributed by atoms with Crippen LogP contribution >= 0.6 is 0 Å². The Hall–Kier alpha value is -2.37. The fourth-order valence-corrected chi connectivity index (χ4v) is 3.89. The molecule has 2 amide bonds. The summed E-state index contributed by atoms with van der Waals surface area (Å²) in [5, 5.41) is 2.81. The second-order valence-electron chi connectivity index (χ2n) is 7.29. The topological polar surface area (TPSA) is 75.7 Å². The normalized spacial score (nSPS) is 24.2. The van der Waals surface area contributed by atoms with Gasteiger partial charge in [0.25, 0.3) is 0 Å². The predicted octanol–water partition coefficient (Wildman–Crippen LogP) is 3.23. The largest absolute Gasteiger partial charge is 0.462 e. The van der Waals surface area contributed by atoms with Crippen LogP contribution in [0.4, 0.5) is 5.69 Å². The van der Waals surface area contributed by atoms with Crippen molar-refractivity contribution in [1.82, 2.24) is 4.90 Å². The van der Waals surface area contributed by atoms with Crippen molar-refractivity contribution in [3.8, 4) is 0 Å². The zero-order valence-corrected chi connectivity index (χ0v) is 16.1. The Morgan fingerprint density at radius 3 is 2.67 bits per heavy atom. The number of hydrogen-bond donors (Lipinski definition) is 1. The lowest BCUT2D eigenvalue weighted by atomic mass is 9.99. The van der Waals surface area contributed by atoms with Gasteiger partial charge in [0, 0.05) is 12.6 Å². The number of piperidine rings is 1. The molecule has 1 aromatic rings. The SMILES string of the molecule is CCOC(=O)c1ccccc1NC(=O)C1CC1C(=O)N1CCCCC1CC. The van der Waals surface area contributed by atoms with Crippen LogP contribution in [0.3, 0.4) is 0 Å². The molecule has 6 heteroatoms. The number of esters is 1. The second-order valence-corrected chi connectivity index (χ2v) is 7.29. The maximum absolute atomic E-state index is 12.8. The molecule has 0 spiro atoms. The van der Waals surface area contributed by atoms with E-state index in [0.717, 1.165) is 25.8 Å². The van der Waals surface area contributed by atoms with Crippen molar-refractivity contribution < 1.29 is 19.1 Å². The highest BCUT2D eigenvalue weighted by Crippen LogP contribution is 2.42. The third-order valence-corrected chi connectivity index (χ3v) is 5.51. The van der Waals surface area contributed by atoms with Crippen LogP contribution in [0.5, 0.6) is 0 Å². The van der Waals surface area contributed by atoms with Gasteiger partial charge in [-0.1, -0.05) is 19.1 Å². The molecule has 3 atom stereocenters. The Balaban J connectivity index is 1.62. The van der Waals surface area contributed by atoms with Crippen molar-refractivity contribution in [1.29, 1.82) is 0 Å². The van der Waals surface area contributed by atoms with E-state index in [1.165, 1.54) is 6.42 Å². The first-order valence-corrected chi connectivity index (χ1v) is 9.94. The molecule has 1 N–H and O–H groups in total. The van der Waals surface area contributed by atoms with E-state index < -0.39 is 5.97 Å². The number of nitrogens with one attached hydrogen (secondary N) is 1. The quantitative estimate of drug-likeness (QED) is 0.778. The van der Waals surface area contributed by atoms with E-state index in [1.807, 2.05) is 4.90 Å². The number of benzene rings is 1. The van der Waals surface area contributed by atoms with Crippen molar-refractivity contribution in [3.63, 3.8) is 0 Å². The molecule has 1 aliphatic heterocycles. The van der Waals surface area contributed by atoms with Crippen LogP contribution in [0.1, 0.15) is 56.3 Å². The summed E-state index contributed by atoms with van der Waals surface area (Å²) in [4.78, 5) is 39.5. The van der Waals surface area contributed by atoms with Gasteiger partial charge < -0.3 is 15.0 Å². The van der Waals surface area contributed by atoms with E-state index in [2.05, 4.69) is 12.2 Å². The van der Waals surface area contributed by atoms with Gasteiger partial charge in [0.1, 0.15) is 0 Å². The van der Waals surface area contributed by atoms with Crippen LogP contribution in [0.25, 0.3) is 0 Å². The van der Waals surface area contributed by atoms with Crippen LogP contribution in [0, 0.1) is 11.8 Å². The molecular formula is C21H28N2O4. The Kier molecular flexibility index (Phi) is 6.14. The van der Waals surface area contributed by atoms with Crippen LogP contribution in [-0.2, 0) is 14.3 Å². The summed E-state index contributed by atoms with van der Waals surface area (Å²) in [6.45, 7) is 4.92. The molecule has 1 aromatic carbocycles. The number of ether oxygens (including phenoxy) is 1. The molecular weight excluding hydrogens is 344 g/mol. The molecule has 1 heterocycles. The molecule has 2 fully saturated rings. The van der Waals surface area contributed by atoms with Crippen molar-refractivity contribution >= 4 is 23.5 Å². The molecule has 1 saturated heterocycles. The van der Waals surface area contributed by atoms with E-state index >= 15 is 0 Å². The summed E-state index contributed by atoms with van der Waals surface area (Å²) in [6.07, 6.45) is 4.81. The van der Waals surface area contributed by atoms with Crippen molar-refractivity contribution in [2.75, 3.05) is 18.5 Å². The zero-order valence-electron chi connectivity index (χ0n) is 16.1. The van der Waals surface area contributed by atoms with Gasteiger partial charge in [-0.2, -0.15) is 0 Å². The van der Waals surface area contributed by atoms with E-state index in [4.69, 9.17) is 4.74 Å². The lowest BCUT2D eigenvalue weighted by molar-refractivity contribution is -0.137. The highest BCUT2D eigenvalue weighted by molar-refractivity contribution is 6.04. The molecule has 3 unspecified atom stereocenters. The van der Waals surface area contributed by atoms with Crippen LogP contribution in [0.15, 0.2) is 24.3 Å². The number of likely N-dealkylation sites (tertiary alicyclic amines) is 1. The number of carbonyl (C=O) groups is 3. The van der Waals surface area contributed by atoms with E-state index in [1.54, 1.807) is 31.2 Å². The lowest BCUT2D eigenvalue weighted by Crippen LogP contribution is -2.44. The van der Waals surface area contributed by atoms with Gasteiger partial charge in [0.2, 0.25) is 11.8 Å². The summed E-state index contributed by atoms with van der Waals surface area (Å²) in [5.41, 5.74) is 0.766. The molecule has 27 heavy (non-hydrogen) atoms. The van der Waals surface area contributed by atoms with Crippen molar-refractivity contribution in [3.05, 3.63) is 29.8 Å². The van der Waals surface area contributed by atoms with Gasteiger partial charge in [-0.25, -0.2) is 4.79 Å². The number of carbonyl (C=O) groups excluding carboxylic acids is 3. The molecule has 0 bridgehead atoms. The average molecular weight is 372 g/mol. The van der Waals surface area contributed by atoms with Crippen molar-refractivity contribution in [2.24, 2.45) is 11.8 Å². The van der Waals surface area contributed by atoms with E-state index in [9.17, 15) is 14.4 Å². The number of hydrogen-bond acceptors (Lipinski definition) is 4. The Labute approximate surface area is 160 Å². The first kappa shape index (κ1) is 19.4. The van der Waals surface area contributed by atoms with E-state index in [0.29, 0.717) is 23.7 Å². The minimum atomic E-state index is -0.462. The van der Waals surface area contributed by atoms with Gasteiger partial charge in [0.05, 0.1) is 29.7 Å². The van der Waals surface area contributed by atoms with Gasteiger partial charge in [-0.3, -0.25) is 9.59 Å². The monoisotopic (exact) mass is 372 g/mol. The van der Waals surface area contributed by atoms with Crippen LogP contribution in [0.2, 0.25) is 0 Å². The average Bonchev–Trinajstić information content (AvgIpc) is 3.49. The summed E-state index contributed by atoms with van der Waals surface area (Å²) >= 11 is 0. The third-order valence-electron chi connectivity index (χ3n) is 5.51. The molecule has 6 nitrogen and oxygen atoms in total. The second kappa shape index (κ2) is 8.55. The number of para-hydroxylation sites is 1.